The first-order valence-electron chi connectivity index (χ1n) is 5.78. The molecule has 0 radical (unpaired) electrons. The Morgan fingerprint density at radius 3 is 2.71 bits per heavy atom. The number of ether oxygens (including phenoxy) is 1. The Morgan fingerprint density at radius 1 is 1.41 bits per heavy atom. The van der Waals surface area contributed by atoms with Crippen molar-refractivity contribution in [3.63, 3.8) is 0 Å². The predicted molar refractivity (Wildman–Crippen MR) is 74.5 cm³/mol. The van der Waals surface area contributed by atoms with E-state index in [0.29, 0.717) is 13.2 Å². The lowest BCUT2D eigenvalue weighted by molar-refractivity contribution is 0.0112. The summed E-state index contributed by atoms with van der Waals surface area (Å²) in [7, 11) is 0. The number of rotatable bonds is 6. The van der Waals surface area contributed by atoms with Crippen LogP contribution in [0.4, 0.5) is 5.69 Å². The van der Waals surface area contributed by atoms with Crippen molar-refractivity contribution in [1.82, 2.24) is 0 Å². The van der Waals surface area contributed by atoms with Gasteiger partial charge in [-0.2, -0.15) is 0 Å². The van der Waals surface area contributed by atoms with Gasteiger partial charge in [0.1, 0.15) is 0 Å². The van der Waals surface area contributed by atoms with Crippen LogP contribution in [0.25, 0.3) is 0 Å². The van der Waals surface area contributed by atoms with Crippen LogP contribution in [0, 0.1) is 6.92 Å². The first-order valence-corrected chi connectivity index (χ1v) is 6.58. The average molecular weight is 302 g/mol. The second-order valence-electron chi connectivity index (χ2n) is 4.38. The van der Waals surface area contributed by atoms with Crippen LogP contribution in [0.1, 0.15) is 19.4 Å². The normalized spacial score (nSPS) is 12.8. The van der Waals surface area contributed by atoms with Crippen LogP contribution in [0.5, 0.6) is 0 Å². The largest absolute Gasteiger partial charge is 0.389 e. The van der Waals surface area contributed by atoms with Crippen molar-refractivity contribution in [3.05, 3.63) is 28.2 Å². The summed E-state index contributed by atoms with van der Waals surface area (Å²) in [5.41, 5.74) is 2.19. The van der Waals surface area contributed by atoms with Gasteiger partial charge in [0.15, 0.2) is 0 Å². The van der Waals surface area contributed by atoms with Gasteiger partial charge in [0.2, 0.25) is 0 Å². The van der Waals surface area contributed by atoms with Crippen molar-refractivity contribution < 1.29 is 9.84 Å². The lowest BCUT2D eigenvalue weighted by atomic mass is 10.2. The summed E-state index contributed by atoms with van der Waals surface area (Å²) < 4.78 is 6.40. The van der Waals surface area contributed by atoms with Gasteiger partial charge in [-0.15, -0.1) is 0 Å². The number of aliphatic hydroxyl groups excluding tert-OH is 1. The molecule has 96 valence electrons. The second kappa shape index (κ2) is 6.99. The van der Waals surface area contributed by atoms with Crippen molar-refractivity contribution in [2.24, 2.45) is 0 Å². The molecule has 0 aliphatic heterocycles. The third-order valence-corrected chi connectivity index (χ3v) is 2.83. The van der Waals surface area contributed by atoms with Gasteiger partial charge in [-0.05, 0) is 44.5 Å². The number of halogens is 1. The van der Waals surface area contributed by atoms with Crippen molar-refractivity contribution in [1.29, 1.82) is 0 Å². The number of nitrogens with one attached hydrogen (secondary N) is 1. The Labute approximate surface area is 111 Å². The summed E-state index contributed by atoms with van der Waals surface area (Å²) >= 11 is 3.42. The highest BCUT2D eigenvalue weighted by Crippen LogP contribution is 2.19. The summed E-state index contributed by atoms with van der Waals surface area (Å²) in [4.78, 5) is 0. The van der Waals surface area contributed by atoms with Gasteiger partial charge in [0.25, 0.3) is 0 Å². The van der Waals surface area contributed by atoms with Crippen molar-refractivity contribution in [2.75, 3.05) is 18.5 Å². The fourth-order valence-electron chi connectivity index (χ4n) is 1.42. The SMILES string of the molecule is Cc1cc(Br)ccc1NCC(O)COC(C)C. The van der Waals surface area contributed by atoms with Crippen LogP contribution in [0.3, 0.4) is 0 Å². The second-order valence-corrected chi connectivity index (χ2v) is 5.29. The van der Waals surface area contributed by atoms with E-state index in [2.05, 4.69) is 21.2 Å². The molecule has 0 spiro atoms. The maximum absolute atomic E-state index is 9.71. The van der Waals surface area contributed by atoms with E-state index in [0.717, 1.165) is 15.7 Å². The third kappa shape index (κ3) is 5.52. The standard InChI is InChI=1S/C13H20BrNO2/c1-9(2)17-8-12(16)7-15-13-5-4-11(14)6-10(13)3/h4-6,9,12,15-16H,7-8H2,1-3H3. The molecule has 0 amide bonds. The molecular weight excluding hydrogens is 282 g/mol. The Bertz CT molecular complexity index is 355. The van der Waals surface area contributed by atoms with E-state index in [1.165, 1.54) is 0 Å². The number of anilines is 1. The third-order valence-electron chi connectivity index (χ3n) is 2.34. The summed E-state index contributed by atoms with van der Waals surface area (Å²) in [5, 5.41) is 12.9. The average Bonchev–Trinajstić information content (AvgIpc) is 2.25. The molecule has 0 saturated carbocycles. The van der Waals surface area contributed by atoms with E-state index < -0.39 is 6.10 Å². The van der Waals surface area contributed by atoms with Crippen LogP contribution >= 0.6 is 15.9 Å². The number of aliphatic hydroxyl groups is 1. The fraction of sp³-hybridized carbons (Fsp3) is 0.538. The summed E-state index contributed by atoms with van der Waals surface area (Å²) in [5.74, 6) is 0. The number of hydrogen-bond acceptors (Lipinski definition) is 3. The van der Waals surface area contributed by atoms with E-state index in [4.69, 9.17) is 4.74 Å². The molecule has 1 unspecified atom stereocenters. The molecule has 2 N–H and O–H groups in total. The molecule has 1 aromatic carbocycles. The molecule has 1 aromatic rings. The van der Waals surface area contributed by atoms with Gasteiger partial charge in [-0.25, -0.2) is 0 Å². The lowest BCUT2D eigenvalue weighted by Gasteiger charge is -2.16. The molecule has 4 heteroatoms. The number of hydrogen-bond donors (Lipinski definition) is 2. The van der Waals surface area contributed by atoms with Gasteiger partial charge in [0.05, 0.1) is 18.8 Å². The molecular formula is C13H20BrNO2. The Morgan fingerprint density at radius 2 is 2.12 bits per heavy atom. The van der Waals surface area contributed by atoms with Gasteiger partial charge >= 0.3 is 0 Å². The molecule has 0 heterocycles. The lowest BCUT2D eigenvalue weighted by Crippen LogP contribution is -2.26. The summed E-state index contributed by atoms with van der Waals surface area (Å²) in [6, 6.07) is 6.01. The minimum absolute atomic E-state index is 0.152. The van der Waals surface area contributed by atoms with E-state index >= 15 is 0 Å². The minimum atomic E-state index is -0.486. The smallest absolute Gasteiger partial charge is 0.0945 e. The first kappa shape index (κ1) is 14.5. The van der Waals surface area contributed by atoms with E-state index in [1.807, 2.05) is 39.0 Å². The zero-order valence-electron chi connectivity index (χ0n) is 10.5. The van der Waals surface area contributed by atoms with Crippen LogP contribution in [-0.4, -0.2) is 30.5 Å². The highest BCUT2D eigenvalue weighted by molar-refractivity contribution is 9.10. The molecule has 0 saturated heterocycles. The van der Waals surface area contributed by atoms with Crippen LogP contribution < -0.4 is 5.32 Å². The van der Waals surface area contributed by atoms with E-state index in [-0.39, 0.29) is 6.10 Å². The Hall–Kier alpha value is -0.580. The van der Waals surface area contributed by atoms with Crippen molar-refractivity contribution in [2.45, 2.75) is 33.0 Å². The monoisotopic (exact) mass is 301 g/mol. The molecule has 0 aliphatic carbocycles. The highest BCUT2D eigenvalue weighted by atomic mass is 79.9. The summed E-state index contributed by atoms with van der Waals surface area (Å²) in [6.45, 7) is 6.80. The van der Waals surface area contributed by atoms with Crippen LogP contribution in [0.2, 0.25) is 0 Å². The molecule has 0 aliphatic rings. The minimum Gasteiger partial charge on any atom is -0.389 e. The van der Waals surface area contributed by atoms with Crippen molar-refractivity contribution >= 4 is 21.6 Å². The van der Waals surface area contributed by atoms with Gasteiger partial charge in [0, 0.05) is 16.7 Å². The zero-order valence-corrected chi connectivity index (χ0v) is 12.1. The summed E-state index contributed by atoms with van der Waals surface area (Å²) in [6.07, 6.45) is -0.334. The maximum Gasteiger partial charge on any atom is 0.0945 e. The predicted octanol–water partition coefficient (Wildman–Crippen LogP) is 2.96. The van der Waals surface area contributed by atoms with E-state index in [9.17, 15) is 5.11 Å². The van der Waals surface area contributed by atoms with Gasteiger partial charge in [-0.3, -0.25) is 0 Å². The van der Waals surface area contributed by atoms with Crippen LogP contribution in [-0.2, 0) is 4.74 Å². The quantitative estimate of drug-likeness (QED) is 0.849. The Kier molecular flexibility index (Phi) is 5.95. The topological polar surface area (TPSA) is 41.5 Å². The molecule has 0 bridgehead atoms. The number of aryl methyl sites for hydroxylation is 1. The molecule has 1 atom stereocenters. The van der Waals surface area contributed by atoms with Crippen LogP contribution in [0.15, 0.2) is 22.7 Å². The van der Waals surface area contributed by atoms with Crippen molar-refractivity contribution in [3.8, 4) is 0 Å². The molecule has 0 aromatic heterocycles. The molecule has 1 rings (SSSR count). The van der Waals surface area contributed by atoms with Gasteiger partial charge in [-0.1, -0.05) is 15.9 Å². The number of benzene rings is 1. The maximum atomic E-state index is 9.71. The van der Waals surface area contributed by atoms with E-state index in [1.54, 1.807) is 0 Å². The highest BCUT2D eigenvalue weighted by Gasteiger charge is 2.06. The molecule has 17 heavy (non-hydrogen) atoms. The molecule has 0 fully saturated rings. The Balaban J connectivity index is 2.39. The fourth-order valence-corrected chi connectivity index (χ4v) is 1.89. The first-order chi connectivity index (χ1) is 7.99. The van der Waals surface area contributed by atoms with Gasteiger partial charge < -0.3 is 15.2 Å². The zero-order chi connectivity index (χ0) is 12.8. The molecule has 3 nitrogen and oxygen atoms in total.